The van der Waals surface area contributed by atoms with E-state index >= 15 is 0 Å². The SMILES string of the molecule is COC(=O)c1ccc(OCC(=O)Nc2ccc([N+](=O)[O-])cc2C)c([N+](=O)[O-])c1. The number of ether oxygens (including phenoxy) is 2. The molecule has 2 aromatic rings. The van der Waals surface area contributed by atoms with Crippen LogP contribution in [-0.4, -0.2) is 35.4 Å². The van der Waals surface area contributed by atoms with Crippen LogP contribution in [0.1, 0.15) is 15.9 Å². The number of nitrogens with one attached hydrogen (secondary N) is 1. The van der Waals surface area contributed by atoms with Crippen LogP contribution in [0.4, 0.5) is 17.1 Å². The van der Waals surface area contributed by atoms with Crippen LogP contribution < -0.4 is 10.1 Å². The van der Waals surface area contributed by atoms with Gasteiger partial charge in [-0.2, -0.15) is 0 Å². The first-order valence-corrected chi connectivity index (χ1v) is 7.77. The number of hydrogen-bond donors (Lipinski definition) is 1. The maximum absolute atomic E-state index is 12.0. The zero-order valence-corrected chi connectivity index (χ0v) is 14.8. The van der Waals surface area contributed by atoms with E-state index in [1.54, 1.807) is 6.92 Å². The number of methoxy groups -OCH3 is 1. The zero-order chi connectivity index (χ0) is 20.8. The van der Waals surface area contributed by atoms with Crippen molar-refractivity contribution >= 4 is 28.9 Å². The number of carbonyl (C=O) groups excluding carboxylic acids is 2. The monoisotopic (exact) mass is 389 g/mol. The smallest absolute Gasteiger partial charge is 0.338 e. The third-order valence-corrected chi connectivity index (χ3v) is 3.63. The number of nitro groups is 2. The van der Waals surface area contributed by atoms with Gasteiger partial charge in [-0.25, -0.2) is 4.79 Å². The van der Waals surface area contributed by atoms with Crippen LogP contribution in [0.25, 0.3) is 0 Å². The summed E-state index contributed by atoms with van der Waals surface area (Å²) >= 11 is 0. The first kappa shape index (κ1) is 20.3. The maximum atomic E-state index is 12.0. The van der Waals surface area contributed by atoms with Crippen LogP contribution in [0.5, 0.6) is 5.75 Å². The minimum absolute atomic E-state index is 0.0347. The lowest BCUT2D eigenvalue weighted by Gasteiger charge is -2.10. The van der Waals surface area contributed by atoms with Crippen LogP contribution in [0, 0.1) is 27.2 Å². The Morgan fingerprint density at radius 1 is 1.07 bits per heavy atom. The summed E-state index contributed by atoms with van der Waals surface area (Å²) in [5.41, 5.74) is 0.161. The van der Waals surface area contributed by atoms with Crippen LogP contribution in [0.15, 0.2) is 36.4 Å². The highest BCUT2D eigenvalue weighted by molar-refractivity contribution is 5.93. The van der Waals surface area contributed by atoms with E-state index in [2.05, 4.69) is 10.1 Å². The van der Waals surface area contributed by atoms with Gasteiger partial charge in [0.25, 0.3) is 11.6 Å². The van der Waals surface area contributed by atoms with Crippen molar-refractivity contribution in [2.75, 3.05) is 19.0 Å². The average molecular weight is 389 g/mol. The fourth-order valence-corrected chi connectivity index (χ4v) is 2.26. The molecule has 0 unspecified atom stereocenters. The summed E-state index contributed by atoms with van der Waals surface area (Å²) in [4.78, 5) is 44.1. The van der Waals surface area contributed by atoms with Gasteiger partial charge < -0.3 is 14.8 Å². The Bertz CT molecular complexity index is 957. The van der Waals surface area contributed by atoms with E-state index in [1.165, 1.54) is 30.3 Å². The molecule has 0 aliphatic rings. The predicted molar refractivity (Wildman–Crippen MR) is 96.4 cm³/mol. The molecule has 0 fully saturated rings. The van der Waals surface area contributed by atoms with E-state index in [0.29, 0.717) is 11.3 Å². The first-order valence-electron chi connectivity index (χ1n) is 7.77. The summed E-state index contributed by atoms with van der Waals surface area (Å²) in [6, 6.07) is 7.35. The molecule has 1 amide bonds. The predicted octanol–water partition coefficient (Wildman–Crippen LogP) is 2.62. The Kier molecular flexibility index (Phi) is 6.22. The molecule has 2 rings (SSSR count). The summed E-state index contributed by atoms with van der Waals surface area (Å²) < 4.78 is 9.69. The lowest BCUT2D eigenvalue weighted by Crippen LogP contribution is -2.21. The van der Waals surface area contributed by atoms with E-state index in [9.17, 15) is 29.8 Å². The number of hydrogen-bond acceptors (Lipinski definition) is 8. The molecule has 1 N–H and O–H groups in total. The highest BCUT2D eigenvalue weighted by Gasteiger charge is 2.20. The van der Waals surface area contributed by atoms with E-state index in [0.717, 1.165) is 13.2 Å². The average Bonchev–Trinajstić information content (AvgIpc) is 2.66. The number of aryl methyl sites for hydroxylation is 1. The fraction of sp³-hybridized carbons (Fsp3) is 0.176. The number of anilines is 1. The van der Waals surface area contributed by atoms with Crippen LogP contribution in [0.3, 0.4) is 0 Å². The Morgan fingerprint density at radius 3 is 2.36 bits per heavy atom. The Morgan fingerprint density at radius 2 is 1.79 bits per heavy atom. The number of rotatable bonds is 7. The number of nitrogens with zero attached hydrogens (tertiary/aromatic N) is 2. The van der Waals surface area contributed by atoms with Crippen LogP contribution >= 0.6 is 0 Å². The lowest BCUT2D eigenvalue weighted by atomic mass is 10.2. The minimum atomic E-state index is -0.750. The summed E-state index contributed by atoms with van der Waals surface area (Å²) in [6.45, 7) is 1.04. The standard InChI is InChI=1S/C17H15N3O8/c1-10-7-12(19(23)24)4-5-13(10)18-16(21)9-28-15-6-3-11(17(22)27-2)8-14(15)20(25)26/h3-8H,9H2,1-2H3,(H,18,21). The van der Waals surface area contributed by atoms with E-state index in [1.807, 2.05) is 0 Å². The van der Waals surface area contributed by atoms with Gasteiger partial charge in [-0.05, 0) is 30.7 Å². The van der Waals surface area contributed by atoms with Crippen LogP contribution in [0.2, 0.25) is 0 Å². The van der Waals surface area contributed by atoms with E-state index in [-0.39, 0.29) is 17.0 Å². The van der Waals surface area contributed by atoms with Crippen molar-refractivity contribution in [2.45, 2.75) is 6.92 Å². The van der Waals surface area contributed by atoms with Gasteiger partial charge in [0.15, 0.2) is 12.4 Å². The summed E-state index contributed by atoms with van der Waals surface area (Å²) in [5, 5.41) is 24.4. The third kappa shape index (κ3) is 4.78. The zero-order valence-electron chi connectivity index (χ0n) is 14.8. The summed E-state index contributed by atoms with van der Waals surface area (Å²) in [7, 11) is 1.14. The molecule has 0 atom stereocenters. The number of esters is 1. The summed E-state index contributed by atoms with van der Waals surface area (Å²) in [5.74, 6) is -1.57. The van der Waals surface area contributed by atoms with Crippen molar-refractivity contribution in [1.82, 2.24) is 0 Å². The molecule has 146 valence electrons. The second-order valence-corrected chi connectivity index (χ2v) is 5.52. The van der Waals surface area contributed by atoms with Crippen molar-refractivity contribution < 1.29 is 28.9 Å². The molecule has 0 aliphatic heterocycles. The topological polar surface area (TPSA) is 151 Å². The molecule has 0 bridgehead atoms. The molecule has 0 saturated heterocycles. The Hall–Kier alpha value is -4.02. The highest BCUT2D eigenvalue weighted by Crippen LogP contribution is 2.28. The Labute approximate surface area is 158 Å². The maximum Gasteiger partial charge on any atom is 0.338 e. The van der Waals surface area contributed by atoms with Gasteiger partial charge in [0.05, 0.1) is 22.5 Å². The number of benzene rings is 2. The van der Waals surface area contributed by atoms with Gasteiger partial charge in [-0.15, -0.1) is 0 Å². The molecule has 0 aromatic heterocycles. The number of nitro benzene ring substituents is 2. The molecular formula is C17H15N3O8. The van der Waals surface area contributed by atoms with E-state index in [4.69, 9.17) is 4.74 Å². The van der Waals surface area contributed by atoms with Crippen LogP contribution in [-0.2, 0) is 9.53 Å². The van der Waals surface area contributed by atoms with Crippen molar-refractivity contribution in [1.29, 1.82) is 0 Å². The molecule has 0 aliphatic carbocycles. The van der Waals surface area contributed by atoms with Gasteiger partial charge in [0.1, 0.15) is 0 Å². The van der Waals surface area contributed by atoms with Gasteiger partial charge in [-0.3, -0.25) is 25.0 Å². The van der Waals surface area contributed by atoms with Crippen molar-refractivity contribution in [2.24, 2.45) is 0 Å². The largest absolute Gasteiger partial charge is 0.477 e. The van der Waals surface area contributed by atoms with Crippen molar-refractivity contribution in [3.8, 4) is 5.75 Å². The number of non-ortho nitro benzene ring substituents is 1. The third-order valence-electron chi connectivity index (χ3n) is 3.63. The van der Waals surface area contributed by atoms with Crippen molar-refractivity contribution in [3.63, 3.8) is 0 Å². The second-order valence-electron chi connectivity index (χ2n) is 5.52. The molecule has 0 radical (unpaired) electrons. The fourth-order valence-electron chi connectivity index (χ4n) is 2.26. The molecule has 0 saturated carbocycles. The molecule has 2 aromatic carbocycles. The molecule has 11 heteroatoms. The van der Waals surface area contributed by atoms with Crippen molar-refractivity contribution in [3.05, 3.63) is 67.8 Å². The van der Waals surface area contributed by atoms with Gasteiger partial charge in [0, 0.05) is 23.9 Å². The molecule has 11 nitrogen and oxygen atoms in total. The quantitative estimate of drug-likeness (QED) is 0.431. The molecular weight excluding hydrogens is 374 g/mol. The molecule has 0 heterocycles. The highest BCUT2D eigenvalue weighted by atomic mass is 16.6. The minimum Gasteiger partial charge on any atom is -0.477 e. The van der Waals surface area contributed by atoms with Gasteiger partial charge in [-0.1, -0.05) is 0 Å². The molecule has 28 heavy (non-hydrogen) atoms. The van der Waals surface area contributed by atoms with E-state index < -0.39 is 34.0 Å². The normalized spacial score (nSPS) is 10.1. The van der Waals surface area contributed by atoms with Gasteiger partial charge >= 0.3 is 11.7 Å². The first-order chi connectivity index (χ1) is 13.2. The van der Waals surface area contributed by atoms with Gasteiger partial charge in [0.2, 0.25) is 0 Å². The Balaban J connectivity index is 2.09. The second kappa shape index (κ2) is 8.58. The number of carbonyl (C=O) groups is 2. The summed E-state index contributed by atoms with van der Waals surface area (Å²) in [6.07, 6.45) is 0. The number of amides is 1. The lowest BCUT2D eigenvalue weighted by molar-refractivity contribution is -0.385. The molecule has 0 spiro atoms.